The van der Waals surface area contributed by atoms with Crippen molar-refractivity contribution in [2.45, 2.75) is 45.6 Å². The van der Waals surface area contributed by atoms with Crippen LogP contribution in [0.4, 0.5) is 0 Å². The van der Waals surface area contributed by atoms with Crippen LogP contribution in [0.3, 0.4) is 0 Å². The van der Waals surface area contributed by atoms with Gasteiger partial charge in [0.25, 0.3) is 0 Å². The summed E-state index contributed by atoms with van der Waals surface area (Å²) in [5.41, 5.74) is 1.01. The Morgan fingerprint density at radius 1 is 1.00 bits per heavy atom. The van der Waals surface area contributed by atoms with E-state index >= 15 is 0 Å². The van der Waals surface area contributed by atoms with Crippen LogP contribution >= 0.6 is 11.6 Å². The van der Waals surface area contributed by atoms with E-state index in [1.165, 1.54) is 12.8 Å². The monoisotopic (exact) mass is 266 g/mol. The van der Waals surface area contributed by atoms with E-state index in [2.05, 4.69) is 13.8 Å². The van der Waals surface area contributed by atoms with Crippen LogP contribution < -0.4 is 0 Å². The Morgan fingerprint density at radius 2 is 1.50 bits per heavy atom. The molecule has 0 radical (unpaired) electrons. The highest BCUT2D eigenvalue weighted by Gasteiger charge is 2.28. The SMILES string of the molecule is CC(C)C1CCC(C(O)c2ccc(Cl)cc2)CC1. The second-order valence-corrected chi connectivity index (χ2v) is 6.35. The van der Waals surface area contributed by atoms with Crippen molar-refractivity contribution in [3.63, 3.8) is 0 Å². The molecule has 1 nitrogen and oxygen atoms in total. The normalized spacial score (nSPS) is 26.3. The van der Waals surface area contributed by atoms with Crippen molar-refractivity contribution in [2.24, 2.45) is 17.8 Å². The predicted molar refractivity (Wildman–Crippen MR) is 76.7 cm³/mol. The number of aliphatic hydroxyl groups excluding tert-OH is 1. The lowest BCUT2D eigenvalue weighted by Crippen LogP contribution is -2.22. The van der Waals surface area contributed by atoms with E-state index in [1.54, 1.807) is 0 Å². The molecule has 2 rings (SSSR count). The molecule has 1 atom stereocenters. The zero-order valence-electron chi connectivity index (χ0n) is 11.3. The van der Waals surface area contributed by atoms with Crippen molar-refractivity contribution in [1.29, 1.82) is 0 Å². The van der Waals surface area contributed by atoms with Crippen LogP contribution in [-0.2, 0) is 0 Å². The molecule has 0 aromatic heterocycles. The molecule has 1 aromatic carbocycles. The number of hydrogen-bond donors (Lipinski definition) is 1. The number of rotatable bonds is 3. The maximum absolute atomic E-state index is 10.4. The van der Waals surface area contributed by atoms with E-state index in [0.717, 1.165) is 35.3 Å². The van der Waals surface area contributed by atoms with E-state index in [4.69, 9.17) is 11.6 Å². The third kappa shape index (κ3) is 3.27. The van der Waals surface area contributed by atoms with Gasteiger partial charge in [-0.3, -0.25) is 0 Å². The third-order valence-corrected chi connectivity index (χ3v) is 4.67. The Balaban J connectivity index is 1.95. The first-order chi connectivity index (χ1) is 8.58. The minimum Gasteiger partial charge on any atom is -0.388 e. The topological polar surface area (TPSA) is 20.2 Å². The van der Waals surface area contributed by atoms with Crippen LogP contribution in [0.2, 0.25) is 5.02 Å². The van der Waals surface area contributed by atoms with Gasteiger partial charge >= 0.3 is 0 Å². The van der Waals surface area contributed by atoms with Gasteiger partial charge in [0.1, 0.15) is 0 Å². The summed E-state index contributed by atoms with van der Waals surface area (Å²) in [6.45, 7) is 4.61. The molecular weight excluding hydrogens is 244 g/mol. The molecule has 1 aliphatic rings. The van der Waals surface area contributed by atoms with E-state index < -0.39 is 0 Å². The van der Waals surface area contributed by atoms with E-state index in [-0.39, 0.29) is 6.10 Å². The van der Waals surface area contributed by atoms with Crippen LogP contribution in [0.15, 0.2) is 24.3 Å². The fraction of sp³-hybridized carbons (Fsp3) is 0.625. The van der Waals surface area contributed by atoms with Gasteiger partial charge in [-0.2, -0.15) is 0 Å². The van der Waals surface area contributed by atoms with Crippen LogP contribution in [0, 0.1) is 17.8 Å². The minimum atomic E-state index is -0.324. The van der Waals surface area contributed by atoms with Crippen molar-refractivity contribution in [3.8, 4) is 0 Å². The zero-order chi connectivity index (χ0) is 13.1. The quantitative estimate of drug-likeness (QED) is 0.830. The number of benzene rings is 1. The van der Waals surface area contributed by atoms with Gasteiger partial charge < -0.3 is 5.11 Å². The van der Waals surface area contributed by atoms with Gasteiger partial charge in [0.2, 0.25) is 0 Å². The Kier molecular flexibility index (Phi) is 4.69. The Bertz CT molecular complexity index is 363. The predicted octanol–water partition coefficient (Wildman–Crippen LogP) is 4.84. The molecule has 0 aliphatic heterocycles. The van der Waals surface area contributed by atoms with Crippen molar-refractivity contribution >= 4 is 11.6 Å². The molecule has 2 heteroatoms. The summed E-state index contributed by atoms with van der Waals surface area (Å²) in [6.07, 6.45) is 4.48. The lowest BCUT2D eigenvalue weighted by molar-refractivity contribution is 0.0668. The van der Waals surface area contributed by atoms with E-state index in [1.807, 2.05) is 24.3 Å². The minimum absolute atomic E-state index is 0.324. The number of aliphatic hydroxyl groups is 1. The fourth-order valence-electron chi connectivity index (χ4n) is 3.06. The maximum Gasteiger partial charge on any atom is 0.0818 e. The molecular formula is C16H23ClO. The van der Waals surface area contributed by atoms with Crippen LogP contribution in [0.25, 0.3) is 0 Å². The molecule has 0 heterocycles. The molecule has 0 amide bonds. The lowest BCUT2D eigenvalue weighted by Gasteiger charge is -2.33. The van der Waals surface area contributed by atoms with Crippen molar-refractivity contribution in [1.82, 2.24) is 0 Å². The molecule has 18 heavy (non-hydrogen) atoms. The number of hydrogen-bond acceptors (Lipinski definition) is 1. The molecule has 100 valence electrons. The zero-order valence-corrected chi connectivity index (χ0v) is 12.0. The smallest absolute Gasteiger partial charge is 0.0818 e. The summed E-state index contributed by atoms with van der Waals surface area (Å²) < 4.78 is 0. The van der Waals surface area contributed by atoms with Crippen LogP contribution in [-0.4, -0.2) is 5.11 Å². The highest BCUT2D eigenvalue weighted by Crippen LogP contribution is 2.39. The Hall–Kier alpha value is -0.530. The second-order valence-electron chi connectivity index (χ2n) is 5.92. The van der Waals surface area contributed by atoms with Crippen LogP contribution in [0.5, 0.6) is 0 Å². The van der Waals surface area contributed by atoms with Gasteiger partial charge in [-0.15, -0.1) is 0 Å². The molecule has 1 aliphatic carbocycles. The molecule has 1 saturated carbocycles. The molecule has 0 saturated heterocycles. The van der Waals surface area contributed by atoms with Gasteiger partial charge in [0, 0.05) is 5.02 Å². The first kappa shape index (κ1) is 13.9. The summed E-state index contributed by atoms with van der Waals surface area (Å²) in [7, 11) is 0. The average Bonchev–Trinajstić information content (AvgIpc) is 2.39. The summed E-state index contributed by atoms with van der Waals surface area (Å²) >= 11 is 5.87. The molecule has 1 unspecified atom stereocenters. The first-order valence-electron chi connectivity index (χ1n) is 7.01. The summed E-state index contributed by atoms with van der Waals surface area (Å²) in [4.78, 5) is 0. The average molecular weight is 267 g/mol. The molecule has 0 bridgehead atoms. The van der Waals surface area contributed by atoms with E-state index in [0.29, 0.717) is 5.92 Å². The molecule has 1 N–H and O–H groups in total. The highest BCUT2D eigenvalue weighted by atomic mass is 35.5. The largest absolute Gasteiger partial charge is 0.388 e. The van der Waals surface area contributed by atoms with Gasteiger partial charge in [-0.1, -0.05) is 37.6 Å². The first-order valence-corrected chi connectivity index (χ1v) is 7.39. The summed E-state index contributed by atoms with van der Waals surface area (Å²) in [6, 6.07) is 7.61. The van der Waals surface area contributed by atoms with Gasteiger partial charge in [-0.05, 0) is 61.1 Å². The van der Waals surface area contributed by atoms with Crippen molar-refractivity contribution in [2.75, 3.05) is 0 Å². The third-order valence-electron chi connectivity index (χ3n) is 4.42. The van der Waals surface area contributed by atoms with Crippen molar-refractivity contribution in [3.05, 3.63) is 34.9 Å². The van der Waals surface area contributed by atoms with Crippen molar-refractivity contribution < 1.29 is 5.11 Å². The summed E-state index contributed by atoms with van der Waals surface area (Å²) in [5.74, 6) is 2.04. The fourth-order valence-corrected chi connectivity index (χ4v) is 3.19. The van der Waals surface area contributed by atoms with Gasteiger partial charge in [0.15, 0.2) is 0 Å². The lowest BCUT2D eigenvalue weighted by atomic mass is 9.74. The Morgan fingerprint density at radius 3 is 2.00 bits per heavy atom. The van der Waals surface area contributed by atoms with E-state index in [9.17, 15) is 5.11 Å². The Labute approximate surface area is 115 Å². The number of halogens is 1. The standard InChI is InChI=1S/C16H23ClO/c1-11(2)12-3-5-13(6-4-12)16(18)14-7-9-15(17)10-8-14/h7-13,16,18H,3-6H2,1-2H3. The summed E-state index contributed by atoms with van der Waals surface area (Å²) in [5, 5.41) is 11.1. The molecule has 1 fully saturated rings. The highest BCUT2D eigenvalue weighted by molar-refractivity contribution is 6.30. The van der Waals surface area contributed by atoms with Gasteiger partial charge in [-0.25, -0.2) is 0 Å². The molecule has 0 spiro atoms. The molecule has 1 aromatic rings. The maximum atomic E-state index is 10.4. The van der Waals surface area contributed by atoms with Crippen LogP contribution in [0.1, 0.15) is 51.2 Å². The second kappa shape index (κ2) is 6.08. The van der Waals surface area contributed by atoms with Gasteiger partial charge in [0.05, 0.1) is 6.10 Å².